The van der Waals surface area contributed by atoms with Gasteiger partial charge in [-0.2, -0.15) is 9.97 Å². The zero-order valence-electron chi connectivity index (χ0n) is 66.8. The third kappa shape index (κ3) is 17.9. The van der Waals surface area contributed by atoms with Gasteiger partial charge in [0.1, 0.15) is 133 Å². The molecule has 6 bridgehead atoms. The third-order valence-corrected chi connectivity index (χ3v) is 28.2. The Labute approximate surface area is 735 Å². The summed E-state index contributed by atoms with van der Waals surface area (Å²) in [6, 6.07) is 9.60. The van der Waals surface area contributed by atoms with E-state index >= 15 is 0 Å². The van der Waals surface area contributed by atoms with Crippen LogP contribution in [0.5, 0.6) is 0 Å². The quantitative estimate of drug-likeness (QED) is 0.0551. The van der Waals surface area contributed by atoms with Crippen molar-refractivity contribution in [1.82, 2.24) is 93.1 Å². The summed E-state index contributed by atoms with van der Waals surface area (Å²) in [6.07, 6.45) is -28.4. The van der Waals surface area contributed by atoms with Crippen LogP contribution < -0.4 is 39.6 Å². The van der Waals surface area contributed by atoms with Gasteiger partial charge in [0.15, 0.2) is 64.8 Å². The van der Waals surface area contributed by atoms with Gasteiger partial charge >= 0.3 is 46.9 Å². The fourth-order valence-electron chi connectivity index (χ4n) is 16.2. The number of aliphatic imine (C=N–C) groups is 1. The van der Waals surface area contributed by atoms with E-state index in [-0.39, 0.29) is 74.6 Å². The van der Waals surface area contributed by atoms with Gasteiger partial charge in [0.2, 0.25) is 11.9 Å². The van der Waals surface area contributed by atoms with Gasteiger partial charge in [0, 0.05) is 12.4 Å². The molecule has 30 atom stereocenters. The van der Waals surface area contributed by atoms with E-state index in [1.165, 1.54) is 40.2 Å². The molecule has 10 aromatic heterocycles. The molecular weight excluding hydrogens is 1910 g/mol. The monoisotopic (exact) mass is 1990 g/mol. The summed E-state index contributed by atoms with van der Waals surface area (Å²) in [5, 5.41) is 74.3. The highest BCUT2D eigenvalue weighted by Crippen LogP contribution is 2.59. The van der Waals surface area contributed by atoms with Crippen molar-refractivity contribution in [2.24, 2.45) is 4.99 Å². The van der Waals surface area contributed by atoms with Crippen LogP contribution >= 0.6 is 46.9 Å². The Morgan fingerprint density at radius 1 is 0.391 bits per heavy atom. The molecule has 9 fully saturated rings. The number of phosphoric acid groups is 6. The molecule has 23 N–H and O–H groups in total. The van der Waals surface area contributed by atoms with Gasteiger partial charge in [-0.05, 0) is 30.3 Å². The van der Waals surface area contributed by atoms with Crippen molar-refractivity contribution in [2.45, 2.75) is 154 Å². The molecule has 0 aliphatic carbocycles. The van der Waals surface area contributed by atoms with Gasteiger partial charge in [0.25, 0.3) is 16.7 Å². The number of nitrogens with zero attached hydrogens (tertiary/aromatic N) is 17. The predicted octanol–water partition coefficient (Wildman–Crippen LogP) is -4.55. The molecule has 21 rings (SSSR count). The number of nitrogen functional groups attached to an aromatic ring is 4. The first kappa shape index (κ1) is 92.6. The van der Waals surface area contributed by atoms with Crippen molar-refractivity contribution < 1.29 is 170 Å². The number of H-pyrrole nitrogens is 3. The number of anilines is 4. The molecule has 714 valence electrons. The van der Waals surface area contributed by atoms with Gasteiger partial charge in [-0.15, -0.1) is 5.10 Å². The third-order valence-electron chi connectivity index (χ3n) is 22.3. The number of ether oxygens (including phenoxy) is 6. The minimum atomic E-state index is -5.11. The number of benzene rings is 1. The summed E-state index contributed by atoms with van der Waals surface area (Å²) in [7, 11) is -30.4. The van der Waals surface area contributed by atoms with E-state index in [2.05, 4.69) is 75.1 Å². The standard InChI is InChI=1S/C22H25N7O13P2.C21H25N9O13P2.C21H24N8O13P2/c23-9-1-2-24-20-13(9)28-7-29(20)22-16(31)17-11(40-22)5-38-44(35,36)42-19-15(30)10(4-37-43(33,34)41-17)39-18(19)14-12-8(3-25-14)21(32)27-6-26-12;22-7-2-1-3-8-11(7)27-28-30(8)19-14(32)15-10(41-19)5-39-45(36,37)43-16-13(31)9(4-38-44(34,35)42-15)40-20(16)29-6-24-12-17(29)25-21(23)26-18(12)33;22-21-26-17-11(18(32)27-21)25-7-29(17)20-15-12(30)9(39-20)4-37-43(33,34)41-14-10(5-38-44(35,36)42-15)40-19(13(14)31)28-6-24-8-2-1-3-23-16(8)28/h1-2,6-7,10-11,15-19,22,30-31H,3-5H2,(H2,23,24)(H,33,34)(H,35,36)(H,26,27,32);1-3,6,9-10,13-16,19-20,31-32H,4-5,22H2,(H,34,35)(H,36,37)(H3,23,25,26,33);1-3,6-7,9-10,12-15,19-20,30-31H,4-5H2,(H,33,34)(H,35,36)(H3,22,26,27,32)/t10-,11-,15-,16-,17-,18+,19-,22-;9-,10-,13-,14-,15-,16-,19-,20-;9-,10-,12-,13-,14-,15-,19-,20-/m111/s1. The fourth-order valence-corrected chi connectivity index (χ4v) is 21.9. The first-order valence-electron chi connectivity index (χ1n) is 39.1. The van der Waals surface area contributed by atoms with Crippen molar-refractivity contribution in [3.8, 4) is 0 Å². The van der Waals surface area contributed by atoms with Crippen LogP contribution in [0.2, 0.25) is 0 Å². The maximum Gasteiger partial charge on any atom is 0.472 e. The molecule has 11 aromatic rings. The number of aromatic amines is 3. The molecule has 0 spiro atoms. The van der Waals surface area contributed by atoms with Gasteiger partial charge in [0.05, 0.1) is 112 Å². The molecule has 0 amide bonds. The number of phosphoric ester groups is 6. The highest BCUT2D eigenvalue weighted by atomic mass is 31.2. The van der Waals surface area contributed by atoms with Gasteiger partial charge in [-0.25, -0.2) is 67.0 Å². The van der Waals surface area contributed by atoms with Gasteiger partial charge in [-0.1, -0.05) is 11.3 Å². The molecule has 63 nitrogen and oxygen atoms in total. The van der Waals surface area contributed by atoms with Crippen molar-refractivity contribution >= 4 is 132 Å². The van der Waals surface area contributed by atoms with E-state index < -0.39 is 250 Å². The number of rotatable bonds is 6. The van der Waals surface area contributed by atoms with E-state index in [0.29, 0.717) is 27.9 Å². The summed E-state index contributed by atoms with van der Waals surface area (Å²) in [5.41, 5.74) is 23.6. The first-order chi connectivity index (χ1) is 63.1. The van der Waals surface area contributed by atoms with Crippen LogP contribution in [0.1, 0.15) is 42.4 Å². The van der Waals surface area contributed by atoms with Crippen LogP contribution in [0, 0.1) is 0 Å². The zero-order chi connectivity index (χ0) is 93.8. The Morgan fingerprint density at radius 2 is 0.805 bits per heavy atom. The Bertz CT molecular complexity index is 6890. The number of imidazole rings is 4. The SMILES string of the molecule is Nc1ccnc2c1ncn2[C@@H]1O[C@@H]2COP(=O)(O)O[C@@H]3[C@H](O)[C@@H](COP(=O)(O)O[C@H]2[C@H]1O)O[C@H]3C1=NCc2c1nc[nH]c2=O.Nc1nc2c(ncn2[C@@H]2O[C@@H]3COP(=O)(O)O[C@H]4[C@@H](O)[C@H](n5cnc6cccnc65)O[C@@H]4COP(=O)(O)O[C@@H]2[C@@H]3O)c(=O)[nH]1.Nc1nc2c(ncn2[C@@H]2O[C@@H]3COP(=O)(O)O[C@H]4[C@@H](O)[C@H](n5nnc6c(N)cccc65)O[C@@H]4COP(=O)(O)O[C@@H]2[C@@H]3O)c(=O)[nH]1. The van der Waals surface area contributed by atoms with Crippen molar-refractivity contribution in [3.05, 3.63) is 123 Å². The van der Waals surface area contributed by atoms with Crippen LogP contribution in [0.4, 0.5) is 23.3 Å². The lowest BCUT2D eigenvalue weighted by Crippen LogP contribution is -2.39. The summed E-state index contributed by atoms with van der Waals surface area (Å²) in [4.78, 5) is 149. The average molecular weight is 1990 g/mol. The summed E-state index contributed by atoms with van der Waals surface area (Å²) >= 11 is 0. The van der Waals surface area contributed by atoms with Gasteiger partial charge in [-0.3, -0.25) is 102 Å². The Morgan fingerprint density at radius 3 is 1.32 bits per heavy atom. The summed E-state index contributed by atoms with van der Waals surface area (Å²) in [5.74, 6) is -0.557. The molecule has 9 saturated heterocycles. The topological polar surface area (TPSA) is 893 Å². The molecule has 0 radical (unpaired) electrons. The molecule has 1 aromatic carbocycles. The molecule has 10 aliphatic heterocycles. The van der Waals surface area contributed by atoms with E-state index in [9.17, 15) is 102 Å². The number of aromatic nitrogens is 19. The second kappa shape index (κ2) is 35.2. The number of hydrogen-bond acceptors (Lipinski definition) is 49. The average Bonchev–Trinajstić information content (AvgIpc) is 1.61. The summed E-state index contributed by atoms with van der Waals surface area (Å²) in [6.45, 7) is -4.88. The highest BCUT2D eigenvalue weighted by molar-refractivity contribution is 7.48. The van der Waals surface area contributed by atoms with Crippen LogP contribution in [0.3, 0.4) is 0 Å². The van der Waals surface area contributed by atoms with E-state index in [0.717, 1.165) is 32.8 Å². The molecular formula is C64H74N24O39P6. The van der Waals surface area contributed by atoms with E-state index in [1.54, 1.807) is 30.3 Å². The fraction of sp³-hybridized carbons (Fsp3) is 0.484. The van der Waals surface area contributed by atoms with Crippen LogP contribution in [-0.4, -0.2) is 314 Å². The Kier molecular flexibility index (Phi) is 24.5. The number of aliphatic hydroxyl groups excluding tert-OH is 6. The van der Waals surface area contributed by atoms with Crippen LogP contribution in [0.25, 0.3) is 55.7 Å². The largest absolute Gasteiger partial charge is 0.472 e. The van der Waals surface area contributed by atoms with Crippen molar-refractivity contribution in [2.75, 3.05) is 62.6 Å². The maximum atomic E-state index is 13.2. The molecule has 20 heterocycles. The van der Waals surface area contributed by atoms with Crippen molar-refractivity contribution in [1.29, 1.82) is 0 Å². The summed E-state index contributed by atoms with van der Waals surface area (Å²) < 4.78 is 182. The number of pyridine rings is 2. The lowest BCUT2D eigenvalue weighted by molar-refractivity contribution is -0.0690. The number of nitrogens with two attached hydrogens (primary N) is 4. The molecule has 6 unspecified atom stereocenters. The van der Waals surface area contributed by atoms with Crippen molar-refractivity contribution in [3.63, 3.8) is 0 Å². The normalized spacial score (nSPS) is 38.4. The maximum absolute atomic E-state index is 13.2. The van der Waals surface area contributed by atoms with E-state index in [4.69, 9.17) is 106 Å². The lowest BCUT2D eigenvalue weighted by atomic mass is 10.0. The predicted molar refractivity (Wildman–Crippen MR) is 430 cm³/mol. The minimum Gasteiger partial charge on any atom is -0.397 e. The second-order valence-electron chi connectivity index (χ2n) is 30.7. The molecule has 69 heteroatoms. The Hall–Kier alpha value is -9.51. The minimum absolute atomic E-state index is 0.0418. The van der Waals surface area contributed by atoms with Gasteiger partial charge < -0.3 is 116 Å². The van der Waals surface area contributed by atoms with Crippen LogP contribution in [-0.2, 0) is 117 Å². The Balaban J connectivity index is 0.000000129. The van der Waals surface area contributed by atoms with E-state index in [1.807, 2.05) is 0 Å². The number of nitrogens with one attached hydrogen (secondary N) is 3. The lowest BCUT2D eigenvalue weighted by Gasteiger charge is -2.25. The van der Waals surface area contributed by atoms with Crippen LogP contribution in [0.15, 0.2) is 99.8 Å². The number of hydrogen-bond donors (Lipinski definition) is 19. The second-order valence-corrected chi connectivity index (χ2v) is 39.1. The smallest absolute Gasteiger partial charge is 0.397 e. The zero-order valence-corrected chi connectivity index (χ0v) is 72.2. The first-order valence-corrected chi connectivity index (χ1v) is 48.1. The molecule has 0 saturated carbocycles. The highest BCUT2D eigenvalue weighted by Gasteiger charge is 2.60. The number of aliphatic hydroxyl groups is 6. The number of fused-ring (bicyclic) bond motifs is 15. The molecule has 133 heavy (non-hydrogen) atoms. The molecule has 10 aliphatic rings.